The van der Waals surface area contributed by atoms with Gasteiger partial charge in [-0.05, 0) is 18.6 Å². The Bertz CT molecular complexity index is 518. The summed E-state index contributed by atoms with van der Waals surface area (Å²) in [6, 6.07) is 18.0. The van der Waals surface area contributed by atoms with E-state index in [0.29, 0.717) is 13.0 Å². The van der Waals surface area contributed by atoms with Gasteiger partial charge in [0.2, 0.25) is 0 Å². The van der Waals surface area contributed by atoms with Crippen LogP contribution in [0.25, 0.3) is 11.1 Å². The van der Waals surface area contributed by atoms with Gasteiger partial charge >= 0.3 is 0 Å². The highest BCUT2D eigenvalue weighted by molar-refractivity contribution is 5.75. The lowest BCUT2D eigenvalue weighted by Crippen LogP contribution is -2.03. The number of benzene rings is 2. The van der Waals surface area contributed by atoms with Crippen molar-refractivity contribution in [1.29, 1.82) is 0 Å². The van der Waals surface area contributed by atoms with Crippen LogP contribution in [0.5, 0.6) is 5.75 Å². The van der Waals surface area contributed by atoms with E-state index >= 15 is 0 Å². The number of carbonyl (C=O) groups is 1. The molecule has 0 aliphatic heterocycles. The van der Waals surface area contributed by atoms with Gasteiger partial charge in [-0.15, -0.1) is 0 Å². The molecule has 2 nitrogen and oxygen atoms in total. The van der Waals surface area contributed by atoms with Crippen molar-refractivity contribution in [3.8, 4) is 16.9 Å². The van der Waals surface area contributed by atoms with E-state index in [1.807, 2.05) is 54.6 Å². The van der Waals surface area contributed by atoms with E-state index < -0.39 is 0 Å². The number of carbonyl (C=O) groups excluding carboxylic acids is 1. The Labute approximate surface area is 107 Å². The van der Waals surface area contributed by atoms with E-state index in [4.69, 9.17) is 4.74 Å². The highest BCUT2D eigenvalue weighted by Gasteiger charge is 2.05. The summed E-state index contributed by atoms with van der Waals surface area (Å²) in [5.41, 5.74) is 2.18. The number of Topliss-reactive ketones (excluding diaryl/α,β-unsaturated/α-hetero) is 1. The monoisotopic (exact) mass is 240 g/mol. The molecule has 0 heterocycles. The molecule has 0 spiro atoms. The van der Waals surface area contributed by atoms with Crippen LogP contribution in [-0.2, 0) is 4.79 Å². The van der Waals surface area contributed by atoms with Crippen LogP contribution in [0.3, 0.4) is 0 Å². The highest BCUT2D eigenvalue weighted by atomic mass is 16.5. The van der Waals surface area contributed by atoms with E-state index in [2.05, 4.69) is 0 Å². The van der Waals surface area contributed by atoms with Crippen LogP contribution in [0, 0.1) is 0 Å². The van der Waals surface area contributed by atoms with Gasteiger partial charge in [0.05, 0.1) is 6.61 Å². The van der Waals surface area contributed by atoms with Gasteiger partial charge in [0, 0.05) is 12.0 Å². The Morgan fingerprint density at radius 1 is 1.00 bits per heavy atom. The molecule has 2 aromatic rings. The first kappa shape index (κ1) is 12.4. The molecule has 0 aliphatic rings. The van der Waals surface area contributed by atoms with Crippen LogP contribution < -0.4 is 4.74 Å². The van der Waals surface area contributed by atoms with Crippen LogP contribution in [0.2, 0.25) is 0 Å². The number of hydrogen-bond donors (Lipinski definition) is 0. The number of ether oxygens (including phenoxy) is 1. The average Bonchev–Trinajstić information content (AvgIpc) is 2.40. The van der Waals surface area contributed by atoms with Crippen molar-refractivity contribution < 1.29 is 9.53 Å². The smallest absolute Gasteiger partial charge is 0.133 e. The van der Waals surface area contributed by atoms with Crippen molar-refractivity contribution in [2.45, 2.75) is 13.3 Å². The van der Waals surface area contributed by atoms with Gasteiger partial charge in [-0.3, -0.25) is 4.79 Å². The third kappa shape index (κ3) is 3.20. The molecule has 2 aromatic carbocycles. The van der Waals surface area contributed by atoms with Crippen molar-refractivity contribution >= 4 is 5.78 Å². The molecular weight excluding hydrogens is 224 g/mol. The number of rotatable bonds is 5. The maximum Gasteiger partial charge on any atom is 0.133 e. The number of ketones is 1. The molecule has 0 amide bonds. The molecule has 0 radical (unpaired) electrons. The first-order valence-electron chi connectivity index (χ1n) is 6.04. The molecule has 0 atom stereocenters. The Morgan fingerprint density at radius 2 is 1.67 bits per heavy atom. The molecule has 92 valence electrons. The Kier molecular flexibility index (Phi) is 4.13. The molecule has 2 rings (SSSR count). The average molecular weight is 240 g/mol. The third-order valence-corrected chi connectivity index (χ3v) is 2.68. The molecule has 0 saturated carbocycles. The molecule has 0 fully saturated rings. The zero-order valence-electron chi connectivity index (χ0n) is 10.4. The van der Waals surface area contributed by atoms with Gasteiger partial charge in [0.25, 0.3) is 0 Å². The lowest BCUT2D eigenvalue weighted by atomic mass is 10.1. The second-order valence-corrected chi connectivity index (χ2v) is 4.16. The first-order valence-corrected chi connectivity index (χ1v) is 6.04. The van der Waals surface area contributed by atoms with Crippen molar-refractivity contribution in [3.63, 3.8) is 0 Å². The number of para-hydroxylation sites is 1. The molecule has 0 aromatic heterocycles. The fourth-order valence-electron chi connectivity index (χ4n) is 1.75. The Hall–Kier alpha value is -2.09. The molecule has 0 saturated heterocycles. The predicted octanol–water partition coefficient (Wildman–Crippen LogP) is 3.71. The zero-order valence-corrected chi connectivity index (χ0v) is 10.4. The van der Waals surface area contributed by atoms with Crippen molar-refractivity contribution in [2.24, 2.45) is 0 Å². The fraction of sp³-hybridized carbons (Fsp3) is 0.188. The van der Waals surface area contributed by atoms with E-state index in [1.54, 1.807) is 6.92 Å². The van der Waals surface area contributed by atoms with Gasteiger partial charge in [-0.1, -0.05) is 48.5 Å². The van der Waals surface area contributed by atoms with Crippen LogP contribution in [-0.4, -0.2) is 12.4 Å². The van der Waals surface area contributed by atoms with Gasteiger partial charge in [-0.2, -0.15) is 0 Å². The van der Waals surface area contributed by atoms with Crippen LogP contribution in [0.1, 0.15) is 13.3 Å². The van der Waals surface area contributed by atoms with E-state index in [1.165, 1.54) is 0 Å². The van der Waals surface area contributed by atoms with E-state index in [9.17, 15) is 4.79 Å². The molecular formula is C16H16O2. The quantitative estimate of drug-likeness (QED) is 0.796. The SMILES string of the molecule is CC(=O)CCOc1ccccc1-c1ccccc1. The van der Waals surface area contributed by atoms with E-state index in [-0.39, 0.29) is 5.78 Å². The summed E-state index contributed by atoms with van der Waals surface area (Å²) in [6.45, 7) is 2.01. The molecule has 0 bridgehead atoms. The largest absolute Gasteiger partial charge is 0.492 e. The van der Waals surface area contributed by atoms with Gasteiger partial charge in [0.1, 0.15) is 11.5 Å². The van der Waals surface area contributed by atoms with Gasteiger partial charge in [0.15, 0.2) is 0 Å². The first-order chi connectivity index (χ1) is 8.77. The van der Waals surface area contributed by atoms with Crippen molar-refractivity contribution in [2.75, 3.05) is 6.61 Å². The van der Waals surface area contributed by atoms with Crippen LogP contribution in [0.15, 0.2) is 54.6 Å². The maximum absolute atomic E-state index is 10.9. The minimum Gasteiger partial charge on any atom is -0.492 e. The Morgan fingerprint density at radius 3 is 2.39 bits per heavy atom. The summed E-state index contributed by atoms with van der Waals surface area (Å²) in [6.07, 6.45) is 0.448. The molecule has 18 heavy (non-hydrogen) atoms. The predicted molar refractivity (Wildman–Crippen MR) is 72.7 cm³/mol. The summed E-state index contributed by atoms with van der Waals surface area (Å²) in [4.78, 5) is 10.9. The zero-order chi connectivity index (χ0) is 12.8. The van der Waals surface area contributed by atoms with Crippen LogP contribution >= 0.6 is 0 Å². The van der Waals surface area contributed by atoms with Crippen molar-refractivity contribution in [3.05, 3.63) is 54.6 Å². The standard InChI is InChI=1S/C16H16O2/c1-13(17)11-12-18-16-10-6-5-9-15(16)14-7-3-2-4-8-14/h2-10H,11-12H2,1H3. The third-order valence-electron chi connectivity index (χ3n) is 2.68. The minimum absolute atomic E-state index is 0.146. The lowest BCUT2D eigenvalue weighted by Gasteiger charge is -2.10. The second kappa shape index (κ2) is 6.01. The Balaban J connectivity index is 2.18. The molecule has 0 unspecified atom stereocenters. The second-order valence-electron chi connectivity index (χ2n) is 4.16. The number of hydrogen-bond acceptors (Lipinski definition) is 2. The maximum atomic E-state index is 10.9. The van der Waals surface area contributed by atoms with Crippen molar-refractivity contribution in [1.82, 2.24) is 0 Å². The minimum atomic E-state index is 0.146. The summed E-state index contributed by atoms with van der Waals surface area (Å²) in [5, 5.41) is 0. The van der Waals surface area contributed by atoms with Gasteiger partial charge < -0.3 is 4.74 Å². The van der Waals surface area contributed by atoms with E-state index in [0.717, 1.165) is 16.9 Å². The van der Waals surface area contributed by atoms with Gasteiger partial charge in [-0.25, -0.2) is 0 Å². The lowest BCUT2D eigenvalue weighted by molar-refractivity contribution is -0.117. The normalized spacial score (nSPS) is 10.1. The summed E-state index contributed by atoms with van der Waals surface area (Å²) in [5.74, 6) is 0.970. The fourth-order valence-corrected chi connectivity index (χ4v) is 1.75. The topological polar surface area (TPSA) is 26.3 Å². The molecule has 0 N–H and O–H groups in total. The van der Waals surface area contributed by atoms with Crippen LogP contribution in [0.4, 0.5) is 0 Å². The summed E-state index contributed by atoms with van der Waals surface area (Å²) >= 11 is 0. The summed E-state index contributed by atoms with van der Waals surface area (Å²) < 4.78 is 5.68. The molecule has 0 aliphatic carbocycles. The summed E-state index contributed by atoms with van der Waals surface area (Å²) in [7, 11) is 0. The highest BCUT2D eigenvalue weighted by Crippen LogP contribution is 2.29. The molecule has 2 heteroatoms.